The molecular weight excluding hydrogens is 446 g/mol. The van der Waals surface area contributed by atoms with Crippen LogP contribution in [0, 0.1) is 0 Å². The van der Waals surface area contributed by atoms with Crippen molar-refractivity contribution in [3.05, 3.63) is 71.8 Å². The summed E-state index contributed by atoms with van der Waals surface area (Å²) in [4.78, 5) is 42.0. The zero-order chi connectivity index (χ0) is 24.6. The lowest BCUT2D eigenvalue weighted by molar-refractivity contribution is -0.139. The number of hydrogen-bond donors (Lipinski definition) is 1. The fraction of sp³-hybridized carbons (Fsp3) is 0.296. The van der Waals surface area contributed by atoms with Crippen LogP contribution in [0.3, 0.4) is 0 Å². The Hall–Kier alpha value is -4.07. The van der Waals surface area contributed by atoms with Gasteiger partial charge in [-0.15, -0.1) is 0 Å². The zero-order valence-electron chi connectivity index (χ0n) is 19.7. The van der Waals surface area contributed by atoms with Crippen LogP contribution < -0.4 is 14.8 Å². The molecule has 8 nitrogen and oxygen atoms in total. The summed E-state index contributed by atoms with van der Waals surface area (Å²) in [6.07, 6.45) is 0. The first-order chi connectivity index (χ1) is 16.9. The summed E-state index contributed by atoms with van der Waals surface area (Å²) in [5.41, 5.74) is 0.239. The Balaban J connectivity index is 1.34. The molecule has 4 amide bonds. The second-order valence-electron chi connectivity index (χ2n) is 8.86. The SMILES string of the molecule is CCN(Cc1cccc2c1OCCO2)C(=O)CN1C(=O)NC(C)(c2ccc3ccccc3c2)C1=O. The molecule has 1 saturated heterocycles. The molecule has 2 aliphatic heterocycles. The largest absolute Gasteiger partial charge is 0.486 e. The monoisotopic (exact) mass is 473 g/mol. The first kappa shape index (κ1) is 22.7. The maximum Gasteiger partial charge on any atom is 0.325 e. The van der Waals surface area contributed by atoms with E-state index in [0.29, 0.717) is 36.8 Å². The molecule has 1 atom stereocenters. The first-order valence-electron chi connectivity index (χ1n) is 11.7. The minimum atomic E-state index is -1.25. The molecule has 35 heavy (non-hydrogen) atoms. The highest BCUT2D eigenvalue weighted by atomic mass is 16.6. The van der Waals surface area contributed by atoms with Crippen molar-refractivity contribution in [1.29, 1.82) is 0 Å². The molecular formula is C27H27N3O5. The van der Waals surface area contributed by atoms with Crippen LogP contribution in [0.5, 0.6) is 11.5 Å². The number of amides is 4. The van der Waals surface area contributed by atoms with Crippen LogP contribution in [0.2, 0.25) is 0 Å². The maximum atomic E-state index is 13.4. The Morgan fingerprint density at radius 1 is 1.03 bits per heavy atom. The van der Waals surface area contributed by atoms with Gasteiger partial charge in [0.1, 0.15) is 25.3 Å². The highest BCUT2D eigenvalue weighted by molar-refractivity contribution is 6.09. The summed E-state index contributed by atoms with van der Waals surface area (Å²) in [6.45, 7) is 4.81. The molecule has 180 valence electrons. The summed E-state index contributed by atoms with van der Waals surface area (Å²) in [6, 6.07) is 18.5. The van der Waals surface area contributed by atoms with E-state index in [9.17, 15) is 14.4 Å². The van der Waals surface area contributed by atoms with Gasteiger partial charge in [0.15, 0.2) is 11.5 Å². The van der Waals surface area contributed by atoms with Crippen LogP contribution >= 0.6 is 0 Å². The number of rotatable bonds is 6. The molecule has 0 saturated carbocycles. The van der Waals surface area contributed by atoms with Crippen LogP contribution in [0.15, 0.2) is 60.7 Å². The Bertz CT molecular complexity index is 1320. The average molecular weight is 474 g/mol. The fourth-order valence-electron chi connectivity index (χ4n) is 4.61. The summed E-state index contributed by atoms with van der Waals surface area (Å²) in [7, 11) is 0. The minimum absolute atomic E-state index is 0.285. The van der Waals surface area contributed by atoms with Gasteiger partial charge in [-0.05, 0) is 42.3 Å². The average Bonchev–Trinajstić information content (AvgIpc) is 3.10. The van der Waals surface area contributed by atoms with E-state index in [-0.39, 0.29) is 19.0 Å². The standard InChI is InChI=1S/C27H27N3O5/c1-3-29(16-20-9-6-10-22-24(20)35-14-13-34-22)23(31)17-30-25(32)27(2,28-26(30)33)21-12-11-18-7-4-5-8-19(18)15-21/h4-12,15H,3,13-14,16-17H2,1-2H3,(H,28,33). The van der Waals surface area contributed by atoms with E-state index < -0.39 is 17.5 Å². The molecule has 2 aliphatic rings. The third-order valence-electron chi connectivity index (χ3n) is 6.64. The summed E-state index contributed by atoms with van der Waals surface area (Å²) < 4.78 is 11.4. The molecule has 0 aliphatic carbocycles. The van der Waals surface area contributed by atoms with Crippen molar-refractivity contribution < 1.29 is 23.9 Å². The number of nitrogens with one attached hydrogen (secondary N) is 1. The van der Waals surface area contributed by atoms with Crippen LogP contribution in [0.4, 0.5) is 4.79 Å². The summed E-state index contributed by atoms with van der Waals surface area (Å²) >= 11 is 0. The Morgan fingerprint density at radius 3 is 2.60 bits per heavy atom. The number of likely N-dealkylation sites (N-methyl/N-ethyl adjacent to an activating group) is 1. The van der Waals surface area contributed by atoms with Crippen molar-refractivity contribution in [2.75, 3.05) is 26.3 Å². The second-order valence-corrected chi connectivity index (χ2v) is 8.86. The first-order valence-corrected chi connectivity index (χ1v) is 11.7. The molecule has 1 fully saturated rings. The van der Waals surface area contributed by atoms with Gasteiger partial charge in [-0.3, -0.25) is 14.5 Å². The number of carbonyl (C=O) groups excluding carboxylic acids is 3. The van der Waals surface area contributed by atoms with Gasteiger partial charge in [-0.1, -0.05) is 48.5 Å². The Kier molecular flexibility index (Phi) is 5.80. The molecule has 1 N–H and O–H groups in total. The van der Waals surface area contributed by atoms with Gasteiger partial charge in [0, 0.05) is 18.7 Å². The van der Waals surface area contributed by atoms with Gasteiger partial charge in [0.2, 0.25) is 5.91 Å². The molecule has 0 bridgehead atoms. The van der Waals surface area contributed by atoms with E-state index in [1.165, 1.54) is 0 Å². The van der Waals surface area contributed by atoms with E-state index in [1.54, 1.807) is 11.8 Å². The van der Waals surface area contributed by atoms with Crippen molar-refractivity contribution in [3.63, 3.8) is 0 Å². The van der Waals surface area contributed by atoms with Crippen molar-refractivity contribution in [2.45, 2.75) is 25.9 Å². The maximum absolute atomic E-state index is 13.4. The predicted octanol–water partition coefficient (Wildman–Crippen LogP) is 3.43. The Labute approximate surface area is 203 Å². The van der Waals surface area contributed by atoms with Crippen LogP contribution in [0.25, 0.3) is 10.8 Å². The molecule has 3 aromatic carbocycles. The highest BCUT2D eigenvalue weighted by Crippen LogP contribution is 2.35. The van der Waals surface area contributed by atoms with Crippen molar-refractivity contribution in [2.24, 2.45) is 0 Å². The van der Waals surface area contributed by atoms with Gasteiger partial charge in [0.25, 0.3) is 5.91 Å². The van der Waals surface area contributed by atoms with E-state index in [4.69, 9.17) is 9.47 Å². The molecule has 5 rings (SSSR count). The smallest absolute Gasteiger partial charge is 0.325 e. The van der Waals surface area contributed by atoms with Gasteiger partial charge < -0.3 is 19.7 Å². The number of hydrogen-bond acceptors (Lipinski definition) is 5. The van der Waals surface area contributed by atoms with E-state index in [2.05, 4.69) is 5.32 Å². The minimum Gasteiger partial charge on any atom is -0.486 e. The number of fused-ring (bicyclic) bond motifs is 2. The number of ether oxygens (including phenoxy) is 2. The van der Waals surface area contributed by atoms with Gasteiger partial charge in [0.05, 0.1) is 0 Å². The van der Waals surface area contributed by atoms with E-state index in [1.807, 2.05) is 67.6 Å². The highest BCUT2D eigenvalue weighted by Gasteiger charge is 2.49. The van der Waals surface area contributed by atoms with Gasteiger partial charge in [-0.2, -0.15) is 0 Å². The molecule has 8 heteroatoms. The lowest BCUT2D eigenvalue weighted by atomic mass is 9.90. The molecule has 3 aromatic rings. The molecule has 0 radical (unpaired) electrons. The molecule has 0 spiro atoms. The van der Waals surface area contributed by atoms with Gasteiger partial charge in [-0.25, -0.2) is 4.79 Å². The van der Waals surface area contributed by atoms with Crippen LogP contribution in [0.1, 0.15) is 25.0 Å². The number of carbonyl (C=O) groups is 3. The van der Waals surface area contributed by atoms with E-state index >= 15 is 0 Å². The van der Waals surface area contributed by atoms with Gasteiger partial charge >= 0.3 is 6.03 Å². The Morgan fingerprint density at radius 2 is 1.80 bits per heavy atom. The van der Waals surface area contributed by atoms with Crippen LogP contribution in [-0.4, -0.2) is 53.9 Å². The number of nitrogens with zero attached hydrogens (tertiary/aromatic N) is 2. The lowest BCUT2D eigenvalue weighted by Gasteiger charge is -2.27. The molecule has 2 heterocycles. The second kappa shape index (κ2) is 8.94. The number of para-hydroxylation sites is 1. The van der Waals surface area contributed by atoms with Crippen molar-refractivity contribution in [1.82, 2.24) is 15.1 Å². The molecule has 1 unspecified atom stereocenters. The third kappa shape index (κ3) is 4.05. The van der Waals surface area contributed by atoms with Crippen LogP contribution in [-0.2, 0) is 21.7 Å². The van der Waals surface area contributed by atoms with Crippen molar-refractivity contribution in [3.8, 4) is 11.5 Å². The number of imide groups is 1. The number of urea groups is 1. The zero-order valence-corrected chi connectivity index (χ0v) is 19.7. The normalized spacial score (nSPS) is 19.1. The number of benzene rings is 3. The topological polar surface area (TPSA) is 88.2 Å². The molecule has 0 aromatic heterocycles. The van der Waals surface area contributed by atoms with Crippen molar-refractivity contribution >= 4 is 28.6 Å². The quantitative estimate of drug-likeness (QED) is 0.555. The summed E-state index contributed by atoms with van der Waals surface area (Å²) in [5, 5.41) is 4.81. The predicted molar refractivity (Wildman–Crippen MR) is 130 cm³/mol. The van der Waals surface area contributed by atoms with E-state index in [0.717, 1.165) is 21.2 Å². The third-order valence-corrected chi connectivity index (χ3v) is 6.64. The lowest BCUT2D eigenvalue weighted by Crippen LogP contribution is -2.44. The summed E-state index contributed by atoms with van der Waals surface area (Å²) in [5.74, 6) is 0.505. The fourth-order valence-corrected chi connectivity index (χ4v) is 4.61.